The average Bonchev–Trinajstić information content (AvgIpc) is 2.58. The molecule has 126 valence electrons. The highest BCUT2D eigenvalue weighted by molar-refractivity contribution is 5.91. The Morgan fingerprint density at radius 1 is 1.04 bits per heavy atom. The Morgan fingerprint density at radius 3 is 2.22 bits per heavy atom. The van der Waals surface area contributed by atoms with E-state index in [1.807, 2.05) is 30.3 Å². The van der Waals surface area contributed by atoms with Gasteiger partial charge in [0.1, 0.15) is 5.75 Å². The van der Waals surface area contributed by atoms with E-state index in [1.165, 1.54) is 0 Å². The Hall–Kier alpha value is -1.58. The highest BCUT2D eigenvalue weighted by Crippen LogP contribution is 2.39. The summed E-state index contributed by atoms with van der Waals surface area (Å²) < 4.78 is 5.46. The highest BCUT2D eigenvalue weighted by Gasteiger charge is 2.32. The van der Waals surface area contributed by atoms with Crippen LogP contribution in [0.2, 0.25) is 0 Å². The van der Waals surface area contributed by atoms with Crippen LogP contribution in [0.3, 0.4) is 0 Å². The molecular weight excluding hydrogens is 286 g/mol. The van der Waals surface area contributed by atoms with Crippen LogP contribution in [0, 0.1) is 5.41 Å². The van der Waals surface area contributed by atoms with Crippen molar-refractivity contribution in [1.82, 2.24) is 4.90 Å². The zero-order chi connectivity index (χ0) is 17.0. The second kappa shape index (κ2) is 7.33. The number of rotatable bonds is 7. The average molecular weight is 315 g/mol. The molecule has 2 rings (SSSR count). The fourth-order valence-corrected chi connectivity index (χ4v) is 3.24. The van der Waals surface area contributed by atoms with E-state index in [0.717, 1.165) is 41.7 Å². The zero-order valence-electron chi connectivity index (χ0n) is 15.0. The van der Waals surface area contributed by atoms with E-state index >= 15 is 0 Å². The normalized spacial score (nSPS) is 13.5. The molecular formula is C20H29NO2. The first-order chi connectivity index (χ1) is 10.9. The largest absolute Gasteiger partial charge is 0.496 e. The van der Waals surface area contributed by atoms with Crippen molar-refractivity contribution in [2.45, 2.75) is 33.8 Å². The Morgan fingerprint density at radius 2 is 1.65 bits per heavy atom. The molecule has 0 aromatic heterocycles. The van der Waals surface area contributed by atoms with Gasteiger partial charge in [-0.15, -0.1) is 0 Å². The predicted molar refractivity (Wildman–Crippen MR) is 97.0 cm³/mol. The molecule has 0 bridgehead atoms. The minimum absolute atomic E-state index is 0.233. The number of hydrogen-bond acceptors (Lipinski definition) is 3. The summed E-state index contributed by atoms with van der Waals surface area (Å²) in [5.41, 5.74) is 0.738. The van der Waals surface area contributed by atoms with Gasteiger partial charge >= 0.3 is 0 Å². The lowest BCUT2D eigenvalue weighted by Crippen LogP contribution is -2.38. The quantitative estimate of drug-likeness (QED) is 0.829. The van der Waals surface area contributed by atoms with E-state index in [2.05, 4.69) is 38.7 Å². The van der Waals surface area contributed by atoms with Crippen LogP contribution in [-0.2, 0) is 0 Å². The minimum atomic E-state index is -0.529. The van der Waals surface area contributed by atoms with Gasteiger partial charge in [-0.1, -0.05) is 58.0 Å². The third kappa shape index (κ3) is 3.67. The van der Waals surface area contributed by atoms with Crippen molar-refractivity contribution in [3.63, 3.8) is 0 Å². The van der Waals surface area contributed by atoms with Crippen LogP contribution in [-0.4, -0.2) is 36.8 Å². The molecule has 0 fully saturated rings. The number of nitrogens with zero attached hydrogens (tertiary/aromatic N) is 1. The molecule has 0 radical (unpaired) electrons. The third-order valence-corrected chi connectivity index (χ3v) is 4.70. The zero-order valence-corrected chi connectivity index (χ0v) is 15.0. The molecule has 0 saturated carbocycles. The molecule has 0 spiro atoms. The maximum absolute atomic E-state index is 11.1. The fourth-order valence-electron chi connectivity index (χ4n) is 3.24. The Balaban J connectivity index is 2.43. The summed E-state index contributed by atoms with van der Waals surface area (Å²) in [4.78, 5) is 2.36. The maximum Gasteiger partial charge on any atom is 0.126 e. The lowest BCUT2D eigenvalue weighted by molar-refractivity contribution is 0.0235. The standard InChI is InChI=1S/C20H29NO2/c1-6-21(7-2)14-20(3,4)19(22)17-12-13-18(23-5)16-11-9-8-10-15(16)17/h8-13,19,22H,6-7,14H2,1-5H3/t19-/m0/s1. The molecule has 0 amide bonds. The maximum atomic E-state index is 11.1. The van der Waals surface area contributed by atoms with E-state index in [0.29, 0.717) is 0 Å². The molecule has 0 saturated heterocycles. The fraction of sp³-hybridized carbons (Fsp3) is 0.500. The van der Waals surface area contributed by atoms with Gasteiger partial charge in [0, 0.05) is 17.3 Å². The monoisotopic (exact) mass is 315 g/mol. The third-order valence-electron chi connectivity index (χ3n) is 4.70. The Bertz CT molecular complexity index is 647. The number of hydrogen-bond donors (Lipinski definition) is 1. The second-order valence-electron chi connectivity index (χ2n) is 6.76. The highest BCUT2D eigenvalue weighted by atomic mass is 16.5. The number of methoxy groups -OCH3 is 1. The molecule has 2 aromatic carbocycles. The van der Waals surface area contributed by atoms with Crippen LogP contribution in [0.25, 0.3) is 10.8 Å². The van der Waals surface area contributed by atoms with Crippen LogP contribution in [0.15, 0.2) is 36.4 Å². The van der Waals surface area contributed by atoms with Gasteiger partial charge in [-0.25, -0.2) is 0 Å². The molecule has 0 aliphatic rings. The van der Waals surface area contributed by atoms with Gasteiger partial charge in [-0.3, -0.25) is 0 Å². The summed E-state index contributed by atoms with van der Waals surface area (Å²) in [7, 11) is 1.68. The molecule has 0 aliphatic heterocycles. The van der Waals surface area contributed by atoms with E-state index in [1.54, 1.807) is 7.11 Å². The second-order valence-corrected chi connectivity index (χ2v) is 6.76. The van der Waals surface area contributed by atoms with Gasteiger partial charge in [0.05, 0.1) is 13.2 Å². The van der Waals surface area contributed by atoms with Crippen molar-refractivity contribution in [3.8, 4) is 5.75 Å². The van der Waals surface area contributed by atoms with Crippen LogP contribution in [0.1, 0.15) is 39.4 Å². The van der Waals surface area contributed by atoms with Crippen LogP contribution < -0.4 is 4.74 Å². The summed E-state index contributed by atoms with van der Waals surface area (Å²) in [6.07, 6.45) is -0.529. The first kappa shape index (κ1) is 17.8. The van der Waals surface area contributed by atoms with Gasteiger partial charge in [-0.05, 0) is 30.1 Å². The summed E-state index contributed by atoms with van der Waals surface area (Å²) in [5, 5.41) is 13.2. The van der Waals surface area contributed by atoms with Crippen molar-refractivity contribution < 1.29 is 9.84 Å². The number of aliphatic hydroxyl groups excluding tert-OH is 1. The smallest absolute Gasteiger partial charge is 0.126 e. The van der Waals surface area contributed by atoms with Gasteiger partial charge in [0.25, 0.3) is 0 Å². The lowest BCUT2D eigenvalue weighted by atomic mass is 9.80. The molecule has 2 aromatic rings. The molecule has 0 unspecified atom stereocenters. The first-order valence-electron chi connectivity index (χ1n) is 8.40. The van der Waals surface area contributed by atoms with E-state index in [9.17, 15) is 5.11 Å². The van der Waals surface area contributed by atoms with Gasteiger partial charge < -0.3 is 14.7 Å². The summed E-state index contributed by atoms with van der Waals surface area (Å²) in [6.45, 7) is 11.4. The van der Waals surface area contributed by atoms with Crippen molar-refractivity contribution in [2.75, 3.05) is 26.7 Å². The van der Waals surface area contributed by atoms with Crippen LogP contribution in [0.5, 0.6) is 5.75 Å². The molecule has 23 heavy (non-hydrogen) atoms. The molecule has 1 N–H and O–H groups in total. The predicted octanol–water partition coefficient (Wildman–Crippen LogP) is 4.25. The molecule has 3 nitrogen and oxygen atoms in total. The number of fused-ring (bicyclic) bond motifs is 1. The van der Waals surface area contributed by atoms with E-state index < -0.39 is 6.10 Å². The van der Waals surface area contributed by atoms with Crippen LogP contribution in [0.4, 0.5) is 0 Å². The summed E-state index contributed by atoms with van der Waals surface area (Å²) in [5.74, 6) is 0.845. The Labute approximate surface area is 139 Å². The van der Waals surface area contributed by atoms with E-state index in [4.69, 9.17) is 4.74 Å². The van der Waals surface area contributed by atoms with Crippen molar-refractivity contribution in [1.29, 1.82) is 0 Å². The molecule has 1 atom stereocenters. The lowest BCUT2D eigenvalue weighted by Gasteiger charge is -2.36. The minimum Gasteiger partial charge on any atom is -0.496 e. The number of aliphatic hydroxyl groups is 1. The summed E-state index contributed by atoms with van der Waals surface area (Å²) in [6, 6.07) is 12.1. The van der Waals surface area contributed by atoms with Crippen molar-refractivity contribution >= 4 is 10.8 Å². The van der Waals surface area contributed by atoms with Gasteiger partial charge in [0.2, 0.25) is 0 Å². The summed E-state index contributed by atoms with van der Waals surface area (Å²) >= 11 is 0. The van der Waals surface area contributed by atoms with Gasteiger partial charge in [-0.2, -0.15) is 0 Å². The molecule has 0 aliphatic carbocycles. The van der Waals surface area contributed by atoms with Crippen molar-refractivity contribution in [2.24, 2.45) is 5.41 Å². The number of benzene rings is 2. The number of ether oxygens (including phenoxy) is 1. The van der Waals surface area contributed by atoms with Crippen LogP contribution >= 0.6 is 0 Å². The van der Waals surface area contributed by atoms with Gasteiger partial charge in [0.15, 0.2) is 0 Å². The molecule has 3 heteroatoms. The first-order valence-corrected chi connectivity index (χ1v) is 8.40. The Kier molecular flexibility index (Phi) is 5.66. The SMILES string of the molecule is CCN(CC)CC(C)(C)[C@@H](O)c1ccc(OC)c2ccccc12. The van der Waals surface area contributed by atoms with E-state index in [-0.39, 0.29) is 5.41 Å². The molecule has 0 heterocycles. The van der Waals surface area contributed by atoms with Crippen molar-refractivity contribution in [3.05, 3.63) is 42.0 Å². The topological polar surface area (TPSA) is 32.7 Å².